The van der Waals surface area contributed by atoms with Crippen LogP contribution < -0.4 is 10.6 Å². The van der Waals surface area contributed by atoms with Crippen LogP contribution in [-0.2, 0) is 6.54 Å². The summed E-state index contributed by atoms with van der Waals surface area (Å²) >= 11 is 0. The summed E-state index contributed by atoms with van der Waals surface area (Å²) in [7, 11) is 0. The van der Waals surface area contributed by atoms with Crippen LogP contribution in [0.3, 0.4) is 0 Å². The second-order valence-electron chi connectivity index (χ2n) is 5.47. The maximum atomic E-state index is 12.1. The molecule has 3 rings (SSSR count). The molecule has 0 unspecified atom stereocenters. The van der Waals surface area contributed by atoms with Gasteiger partial charge in [0.25, 0.3) is 0 Å². The van der Waals surface area contributed by atoms with Gasteiger partial charge in [0, 0.05) is 17.3 Å². The maximum Gasteiger partial charge on any atom is 0.319 e. The van der Waals surface area contributed by atoms with Crippen LogP contribution in [0, 0.1) is 6.92 Å². The number of aryl methyl sites for hydroxylation is 1. The van der Waals surface area contributed by atoms with E-state index in [4.69, 9.17) is 4.42 Å². The molecule has 2 amide bonds. The molecule has 0 radical (unpaired) electrons. The summed E-state index contributed by atoms with van der Waals surface area (Å²) in [4.78, 5) is 20.2. The molecule has 0 spiro atoms. The van der Waals surface area contributed by atoms with Crippen molar-refractivity contribution >= 4 is 11.7 Å². The number of rotatable bonds is 5. The Morgan fingerprint density at radius 2 is 2.29 bits per heavy atom. The molecular formula is C16H18N6O2. The monoisotopic (exact) mass is 326 g/mol. The molecule has 24 heavy (non-hydrogen) atoms. The molecule has 0 aliphatic carbocycles. The molecule has 2 aromatic heterocycles. The van der Waals surface area contributed by atoms with Crippen molar-refractivity contribution in [1.82, 2.24) is 25.1 Å². The second kappa shape index (κ2) is 6.95. The predicted molar refractivity (Wildman–Crippen MR) is 88.3 cm³/mol. The Morgan fingerprint density at radius 3 is 3.00 bits per heavy atom. The molecule has 1 aromatic carbocycles. The van der Waals surface area contributed by atoms with Crippen LogP contribution in [-0.4, -0.2) is 31.8 Å². The third-order valence-electron chi connectivity index (χ3n) is 3.29. The molecule has 2 heterocycles. The second-order valence-corrected chi connectivity index (χ2v) is 5.47. The summed E-state index contributed by atoms with van der Waals surface area (Å²) in [6, 6.07) is 6.95. The third kappa shape index (κ3) is 3.97. The first-order chi connectivity index (χ1) is 11.6. The van der Waals surface area contributed by atoms with Crippen molar-refractivity contribution in [2.45, 2.75) is 26.4 Å². The molecule has 3 aromatic rings. The van der Waals surface area contributed by atoms with E-state index in [-0.39, 0.29) is 12.1 Å². The van der Waals surface area contributed by atoms with Gasteiger partial charge in [0.15, 0.2) is 0 Å². The highest BCUT2D eigenvalue weighted by Gasteiger charge is 2.10. The fourth-order valence-corrected chi connectivity index (χ4v) is 2.26. The maximum absolute atomic E-state index is 12.1. The largest absolute Gasteiger partial charge is 0.441 e. The predicted octanol–water partition coefficient (Wildman–Crippen LogP) is 2.45. The molecule has 0 bridgehead atoms. The molecule has 0 aliphatic rings. The number of carbonyl (C=O) groups is 1. The molecule has 1 atom stereocenters. The topological polar surface area (TPSA) is 97.9 Å². The summed E-state index contributed by atoms with van der Waals surface area (Å²) in [5.41, 5.74) is 1.46. The average molecular weight is 326 g/mol. The van der Waals surface area contributed by atoms with E-state index in [2.05, 4.69) is 25.7 Å². The summed E-state index contributed by atoms with van der Waals surface area (Å²) in [6.07, 6.45) is 4.73. The normalized spacial score (nSPS) is 11.9. The highest BCUT2D eigenvalue weighted by Crippen LogP contribution is 2.22. The smallest absolute Gasteiger partial charge is 0.319 e. The van der Waals surface area contributed by atoms with Crippen LogP contribution >= 0.6 is 0 Å². The Morgan fingerprint density at radius 1 is 1.42 bits per heavy atom. The van der Waals surface area contributed by atoms with Crippen molar-refractivity contribution in [1.29, 1.82) is 0 Å². The van der Waals surface area contributed by atoms with Crippen LogP contribution in [0.1, 0.15) is 12.7 Å². The molecule has 0 saturated heterocycles. The van der Waals surface area contributed by atoms with E-state index in [1.54, 1.807) is 23.3 Å². The Kier molecular flexibility index (Phi) is 4.55. The molecular weight excluding hydrogens is 308 g/mol. The number of anilines is 1. The highest BCUT2D eigenvalue weighted by molar-refractivity contribution is 5.90. The Bertz CT molecular complexity index is 812. The highest BCUT2D eigenvalue weighted by atomic mass is 16.4. The number of hydrogen-bond donors (Lipinski definition) is 2. The lowest BCUT2D eigenvalue weighted by Crippen LogP contribution is -2.38. The minimum absolute atomic E-state index is 0.0933. The summed E-state index contributed by atoms with van der Waals surface area (Å²) in [5.74, 6) is 1.26. The van der Waals surface area contributed by atoms with E-state index in [1.165, 1.54) is 6.33 Å². The molecule has 0 aliphatic heterocycles. The van der Waals surface area contributed by atoms with E-state index in [0.717, 1.165) is 11.3 Å². The summed E-state index contributed by atoms with van der Waals surface area (Å²) in [6.45, 7) is 4.28. The minimum atomic E-state index is -0.289. The standard InChI is InChI=1S/C16H18N6O2/c1-11(8-22-10-17-9-19-22)20-16(23)21-14-5-3-4-13(6-14)15-18-7-12(2)24-15/h3-7,9-11H,8H2,1-2H3,(H2,20,21,23)/t11-/m0/s1. The SMILES string of the molecule is Cc1cnc(-c2cccc(NC(=O)N[C@@H](C)Cn3cncn3)c2)o1. The van der Waals surface area contributed by atoms with Gasteiger partial charge in [-0.1, -0.05) is 6.07 Å². The van der Waals surface area contributed by atoms with Crippen molar-refractivity contribution < 1.29 is 9.21 Å². The van der Waals surface area contributed by atoms with Gasteiger partial charge in [-0.2, -0.15) is 5.10 Å². The molecule has 0 saturated carbocycles. The number of carbonyl (C=O) groups excluding carboxylic acids is 1. The van der Waals surface area contributed by atoms with Crippen molar-refractivity contribution in [3.05, 3.63) is 48.9 Å². The summed E-state index contributed by atoms with van der Waals surface area (Å²) in [5, 5.41) is 9.67. The zero-order valence-corrected chi connectivity index (χ0v) is 13.4. The van der Waals surface area contributed by atoms with Crippen molar-refractivity contribution in [2.24, 2.45) is 0 Å². The number of oxazole rings is 1. The van der Waals surface area contributed by atoms with Crippen LogP contribution in [0.4, 0.5) is 10.5 Å². The van der Waals surface area contributed by atoms with Gasteiger partial charge in [0.05, 0.1) is 12.7 Å². The Balaban J connectivity index is 1.60. The zero-order valence-electron chi connectivity index (χ0n) is 13.4. The first-order valence-electron chi connectivity index (χ1n) is 7.53. The van der Waals surface area contributed by atoms with E-state index in [9.17, 15) is 4.79 Å². The molecule has 124 valence electrons. The van der Waals surface area contributed by atoms with Gasteiger partial charge in [-0.3, -0.25) is 4.68 Å². The lowest BCUT2D eigenvalue weighted by Gasteiger charge is -2.14. The number of benzene rings is 1. The number of amides is 2. The van der Waals surface area contributed by atoms with Crippen LogP contribution in [0.5, 0.6) is 0 Å². The fraction of sp³-hybridized carbons (Fsp3) is 0.250. The number of nitrogens with zero attached hydrogens (tertiary/aromatic N) is 4. The van der Waals surface area contributed by atoms with Crippen LogP contribution in [0.25, 0.3) is 11.5 Å². The van der Waals surface area contributed by atoms with Gasteiger partial charge in [-0.05, 0) is 32.0 Å². The lowest BCUT2D eigenvalue weighted by molar-refractivity contribution is 0.247. The molecule has 8 nitrogen and oxygen atoms in total. The Labute approximate surface area is 138 Å². The van der Waals surface area contributed by atoms with E-state index < -0.39 is 0 Å². The van der Waals surface area contributed by atoms with Gasteiger partial charge in [0.2, 0.25) is 5.89 Å². The van der Waals surface area contributed by atoms with Crippen LogP contribution in [0.15, 0.2) is 47.5 Å². The third-order valence-corrected chi connectivity index (χ3v) is 3.29. The quantitative estimate of drug-likeness (QED) is 0.750. The van der Waals surface area contributed by atoms with Crippen molar-refractivity contribution in [2.75, 3.05) is 5.32 Å². The van der Waals surface area contributed by atoms with Crippen molar-refractivity contribution in [3.63, 3.8) is 0 Å². The van der Waals surface area contributed by atoms with E-state index >= 15 is 0 Å². The first kappa shape index (κ1) is 15.7. The molecule has 8 heteroatoms. The number of urea groups is 1. The lowest BCUT2D eigenvalue weighted by atomic mass is 10.2. The van der Waals surface area contributed by atoms with Crippen molar-refractivity contribution in [3.8, 4) is 11.5 Å². The van der Waals surface area contributed by atoms with E-state index in [0.29, 0.717) is 18.1 Å². The molecule has 2 N–H and O–H groups in total. The fourth-order valence-electron chi connectivity index (χ4n) is 2.26. The molecule has 0 fully saturated rings. The number of aromatic nitrogens is 4. The Hall–Kier alpha value is -3.16. The van der Waals surface area contributed by atoms with E-state index in [1.807, 2.05) is 32.0 Å². The van der Waals surface area contributed by atoms with Gasteiger partial charge < -0.3 is 15.1 Å². The number of nitrogens with one attached hydrogen (secondary N) is 2. The number of hydrogen-bond acceptors (Lipinski definition) is 5. The minimum Gasteiger partial charge on any atom is -0.441 e. The zero-order chi connectivity index (χ0) is 16.9. The van der Waals surface area contributed by atoms with Gasteiger partial charge in [-0.15, -0.1) is 0 Å². The van der Waals surface area contributed by atoms with Gasteiger partial charge in [-0.25, -0.2) is 14.8 Å². The van der Waals surface area contributed by atoms with Gasteiger partial charge in [0.1, 0.15) is 18.4 Å². The first-order valence-corrected chi connectivity index (χ1v) is 7.53. The van der Waals surface area contributed by atoms with Crippen LogP contribution in [0.2, 0.25) is 0 Å². The summed E-state index contributed by atoms with van der Waals surface area (Å²) < 4.78 is 7.16. The van der Waals surface area contributed by atoms with Gasteiger partial charge >= 0.3 is 6.03 Å². The average Bonchev–Trinajstić information content (AvgIpc) is 3.19.